The first-order valence-electron chi connectivity index (χ1n) is 5.59. The molecule has 1 atom stereocenters. The lowest BCUT2D eigenvalue weighted by atomic mass is 10.2. The van der Waals surface area contributed by atoms with Crippen LogP contribution in [0.4, 0.5) is 0 Å². The molecule has 0 radical (unpaired) electrons. The fraction of sp³-hybridized carbons (Fsp3) is 1.00. The van der Waals surface area contributed by atoms with Crippen molar-refractivity contribution in [3.63, 3.8) is 0 Å². The molecule has 0 spiro atoms. The lowest BCUT2D eigenvalue weighted by molar-refractivity contribution is 0.203. The Morgan fingerprint density at radius 3 is 2.88 bits per heavy atom. The number of methoxy groups -OCH3 is 1. The molecule has 1 aliphatic rings. The summed E-state index contributed by atoms with van der Waals surface area (Å²) in [4.78, 5) is 0. The molecular formula is C9H21N3O3S. The fourth-order valence-corrected chi connectivity index (χ4v) is 3.10. The van der Waals surface area contributed by atoms with Crippen LogP contribution in [0.2, 0.25) is 0 Å². The van der Waals surface area contributed by atoms with Gasteiger partial charge in [-0.15, -0.1) is 0 Å². The summed E-state index contributed by atoms with van der Waals surface area (Å²) in [5.74, 6) is 0. The summed E-state index contributed by atoms with van der Waals surface area (Å²) in [6.45, 7) is 1.15. The van der Waals surface area contributed by atoms with Crippen LogP contribution < -0.4 is 10.5 Å². The summed E-state index contributed by atoms with van der Waals surface area (Å²) < 4.78 is 32.4. The molecule has 0 aromatic rings. The van der Waals surface area contributed by atoms with Crippen molar-refractivity contribution in [1.82, 2.24) is 9.03 Å². The second-order valence-electron chi connectivity index (χ2n) is 3.92. The van der Waals surface area contributed by atoms with Crippen LogP contribution in [0.1, 0.15) is 25.7 Å². The van der Waals surface area contributed by atoms with E-state index in [1.807, 2.05) is 0 Å². The number of nitrogens with one attached hydrogen (secondary N) is 1. The van der Waals surface area contributed by atoms with Crippen LogP contribution in [0.25, 0.3) is 0 Å². The Morgan fingerprint density at radius 2 is 2.19 bits per heavy atom. The Hall–Kier alpha value is -0.210. The molecule has 0 aliphatic carbocycles. The number of hydrogen-bond donors (Lipinski definition) is 2. The van der Waals surface area contributed by atoms with Gasteiger partial charge in [-0.05, 0) is 12.8 Å². The van der Waals surface area contributed by atoms with E-state index in [9.17, 15) is 8.42 Å². The first-order valence-corrected chi connectivity index (χ1v) is 7.03. The quantitative estimate of drug-likeness (QED) is 0.653. The van der Waals surface area contributed by atoms with Gasteiger partial charge in [-0.2, -0.15) is 17.4 Å². The third-order valence-corrected chi connectivity index (χ3v) is 4.29. The van der Waals surface area contributed by atoms with E-state index >= 15 is 0 Å². The Bertz CT molecular complexity index is 294. The third-order valence-electron chi connectivity index (χ3n) is 2.65. The van der Waals surface area contributed by atoms with Crippen molar-refractivity contribution < 1.29 is 13.2 Å². The van der Waals surface area contributed by atoms with Crippen LogP contribution in [-0.2, 0) is 14.9 Å². The maximum atomic E-state index is 11.9. The number of rotatable bonds is 5. The van der Waals surface area contributed by atoms with E-state index in [-0.39, 0.29) is 6.54 Å². The zero-order chi connectivity index (χ0) is 12.0. The molecule has 1 fully saturated rings. The minimum atomic E-state index is -3.45. The van der Waals surface area contributed by atoms with E-state index in [4.69, 9.17) is 10.5 Å². The summed E-state index contributed by atoms with van der Waals surface area (Å²) in [5.41, 5.74) is 5.84. The first-order chi connectivity index (χ1) is 7.58. The highest BCUT2D eigenvalue weighted by molar-refractivity contribution is 7.87. The molecule has 7 heteroatoms. The van der Waals surface area contributed by atoms with Crippen LogP contribution in [0, 0.1) is 0 Å². The topological polar surface area (TPSA) is 84.7 Å². The summed E-state index contributed by atoms with van der Waals surface area (Å²) in [5, 5.41) is 0. The van der Waals surface area contributed by atoms with E-state index < -0.39 is 16.4 Å². The summed E-state index contributed by atoms with van der Waals surface area (Å²) >= 11 is 0. The molecule has 0 amide bonds. The number of nitrogens with zero attached hydrogens (tertiary/aromatic N) is 1. The van der Waals surface area contributed by atoms with Crippen LogP contribution in [-0.4, -0.2) is 45.7 Å². The van der Waals surface area contributed by atoms with Crippen molar-refractivity contribution in [2.45, 2.75) is 31.8 Å². The second-order valence-corrected chi connectivity index (χ2v) is 5.63. The van der Waals surface area contributed by atoms with Gasteiger partial charge < -0.3 is 10.5 Å². The van der Waals surface area contributed by atoms with Crippen LogP contribution in [0.15, 0.2) is 0 Å². The minimum absolute atomic E-state index is 0.280. The molecular weight excluding hydrogens is 230 g/mol. The molecule has 1 aliphatic heterocycles. The number of ether oxygens (including phenoxy) is 1. The van der Waals surface area contributed by atoms with E-state index in [2.05, 4.69) is 4.72 Å². The van der Waals surface area contributed by atoms with Gasteiger partial charge >= 0.3 is 0 Å². The van der Waals surface area contributed by atoms with Gasteiger partial charge in [0.05, 0.1) is 12.8 Å². The normalized spacial score (nSPS) is 24.2. The number of hydrogen-bond acceptors (Lipinski definition) is 4. The van der Waals surface area contributed by atoms with Crippen molar-refractivity contribution in [3.8, 4) is 0 Å². The zero-order valence-electron chi connectivity index (χ0n) is 9.68. The van der Waals surface area contributed by atoms with Crippen LogP contribution >= 0.6 is 0 Å². The maximum absolute atomic E-state index is 11.9. The van der Waals surface area contributed by atoms with E-state index in [0.29, 0.717) is 13.2 Å². The Kier molecular flexibility index (Phi) is 5.63. The average molecular weight is 251 g/mol. The monoisotopic (exact) mass is 251 g/mol. The predicted molar refractivity (Wildman–Crippen MR) is 61.9 cm³/mol. The van der Waals surface area contributed by atoms with Crippen molar-refractivity contribution >= 4 is 10.2 Å². The Balaban J connectivity index is 2.57. The molecule has 3 N–H and O–H groups in total. The zero-order valence-corrected chi connectivity index (χ0v) is 10.5. The van der Waals surface area contributed by atoms with E-state index in [1.54, 1.807) is 0 Å². The fourth-order valence-electron chi connectivity index (χ4n) is 1.76. The smallest absolute Gasteiger partial charge is 0.280 e. The molecule has 0 saturated carbocycles. The van der Waals surface area contributed by atoms with Gasteiger partial charge in [-0.1, -0.05) is 12.8 Å². The SMILES string of the molecule is COCCNS(=O)(=O)N1CCCCCC1N. The Labute approximate surface area is 97.3 Å². The van der Waals surface area contributed by atoms with Gasteiger partial charge in [0, 0.05) is 20.2 Å². The highest BCUT2D eigenvalue weighted by Gasteiger charge is 2.28. The van der Waals surface area contributed by atoms with Gasteiger partial charge in [0.2, 0.25) is 0 Å². The summed E-state index contributed by atoms with van der Waals surface area (Å²) in [7, 11) is -1.92. The molecule has 1 unspecified atom stereocenters. The number of nitrogens with two attached hydrogens (primary N) is 1. The van der Waals surface area contributed by atoms with Gasteiger partial charge in [0.1, 0.15) is 0 Å². The predicted octanol–water partition coefficient (Wildman–Crippen LogP) is -0.372. The van der Waals surface area contributed by atoms with E-state index in [1.165, 1.54) is 11.4 Å². The molecule has 1 heterocycles. The summed E-state index contributed by atoms with van der Waals surface area (Å²) in [6.07, 6.45) is 3.23. The average Bonchev–Trinajstić information content (AvgIpc) is 2.43. The highest BCUT2D eigenvalue weighted by Crippen LogP contribution is 2.15. The molecule has 96 valence electrons. The molecule has 1 saturated heterocycles. The molecule has 0 bridgehead atoms. The molecule has 0 aromatic heterocycles. The van der Waals surface area contributed by atoms with Crippen molar-refractivity contribution in [1.29, 1.82) is 0 Å². The van der Waals surface area contributed by atoms with Crippen molar-refractivity contribution in [3.05, 3.63) is 0 Å². The Morgan fingerprint density at radius 1 is 1.44 bits per heavy atom. The second kappa shape index (κ2) is 6.51. The van der Waals surface area contributed by atoms with Crippen LogP contribution in [0.3, 0.4) is 0 Å². The standard InChI is InChI=1S/C9H21N3O3S/c1-15-8-6-11-16(13,14)12-7-4-2-3-5-9(12)10/h9,11H,2-8,10H2,1H3. The lowest BCUT2D eigenvalue weighted by Crippen LogP contribution is -2.50. The lowest BCUT2D eigenvalue weighted by Gasteiger charge is -2.25. The molecule has 16 heavy (non-hydrogen) atoms. The van der Waals surface area contributed by atoms with Gasteiger partial charge in [0.25, 0.3) is 10.2 Å². The first kappa shape index (κ1) is 13.9. The van der Waals surface area contributed by atoms with Crippen molar-refractivity contribution in [2.75, 3.05) is 26.8 Å². The van der Waals surface area contributed by atoms with Crippen LogP contribution in [0.5, 0.6) is 0 Å². The minimum Gasteiger partial charge on any atom is -0.383 e. The third kappa shape index (κ3) is 3.99. The molecule has 1 rings (SSSR count). The molecule has 0 aromatic carbocycles. The maximum Gasteiger partial charge on any atom is 0.280 e. The highest BCUT2D eigenvalue weighted by atomic mass is 32.2. The van der Waals surface area contributed by atoms with Crippen molar-refractivity contribution in [2.24, 2.45) is 5.73 Å². The van der Waals surface area contributed by atoms with E-state index in [0.717, 1.165) is 25.7 Å². The largest absolute Gasteiger partial charge is 0.383 e. The van der Waals surface area contributed by atoms with Gasteiger partial charge in [0.15, 0.2) is 0 Å². The summed E-state index contributed by atoms with van der Waals surface area (Å²) in [6, 6.07) is 0. The van der Waals surface area contributed by atoms with Gasteiger partial charge in [-0.3, -0.25) is 0 Å². The van der Waals surface area contributed by atoms with Gasteiger partial charge in [-0.25, -0.2) is 0 Å². The molecule has 6 nitrogen and oxygen atoms in total.